The third-order valence-electron chi connectivity index (χ3n) is 5.92. The maximum Gasteiger partial charge on any atom is 0.248 e. The molecule has 4 rings (SSSR count). The van der Waals surface area contributed by atoms with Gasteiger partial charge in [0, 0.05) is 36.1 Å². The number of amides is 1. The van der Waals surface area contributed by atoms with Crippen LogP contribution < -0.4 is 20.7 Å². The van der Waals surface area contributed by atoms with Crippen LogP contribution in [-0.4, -0.2) is 48.5 Å². The minimum absolute atomic E-state index is 0.215. The number of nitrogens with one attached hydrogen (secondary N) is 3. The first-order chi connectivity index (χ1) is 18.3. The number of nitrogens with zero attached hydrogens (tertiary/aromatic N) is 3. The lowest BCUT2D eigenvalue weighted by molar-refractivity contribution is -0.111. The number of likely N-dealkylation sites (N-methyl/N-ethyl adjacent to an activating group) is 1. The zero-order chi connectivity index (χ0) is 27.1. The molecule has 0 spiro atoms. The molecule has 3 N–H and O–H groups in total. The molecule has 1 heterocycles. The van der Waals surface area contributed by atoms with Gasteiger partial charge in [0.05, 0.1) is 18.5 Å². The van der Waals surface area contributed by atoms with Crippen LogP contribution in [0.15, 0.2) is 79.0 Å². The minimum atomic E-state index is -0.227. The number of methoxy groups -OCH3 is 1. The first kappa shape index (κ1) is 26.6. The smallest absolute Gasteiger partial charge is 0.248 e. The van der Waals surface area contributed by atoms with E-state index >= 15 is 0 Å². The van der Waals surface area contributed by atoms with E-state index < -0.39 is 0 Å². The number of carbonyl (C=O) groups is 1. The van der Waals surface area contributed by atoms with Crippen LogP contribution in [0.25, 0.3) is 10.8 Å². The molecule has 8 heteroatoms. The van der Waals surface area contributed by atoms with Crippen molar-refractivity contribution in [1.82, 2.24) is 14.9 Å². The molecule has 0 atom stereocenters. The fraction of sp³-hybridized carbons (Fsp3) is 0.233. The number of aromatic nitrogens is 2. The van der Waals surface area contributed by atoms with Crippen LogP contribution in [0.1, 0.15) is 25.3 Å². The lowest BCUT2D eigenvalue weighted by atomic mass is 10.1. The number of carbonyl (C=O) groups excluding carboxylic acids is 1. The summed E-state index contributed by atoms with van der Waals surface area (Å²) in [6.07, 6.45) is 5.16. The molecule has 0 saturated carbocycles. The number of hydrogen-bond acceptors (Lipinski definition) is 7. The molecule has 196 valence electrons. The quantitative estimate of drug-likeness (QED) is 0.216. The number of benzene rings is 3. The van der Waals surface area contributed by atoms with E-state index in [0.29, 0.717) is 35.4 Å². The largest absolute Gasteiger partial charge is 0.497 e. The molecule has 8 nitrogen and oxygen atoms in total. The Kier molecular flexibility index (Phi) is 8.55. The molecular formula is C30H34N6O2. The topological polar surface area (TPSA) is 91.4 Å². The lowest BCUT2D eigenvalue weighted by Gasteiger charge is -2.17. The van der Waals surface area contributed by atoms with Gasteiger partial charge in [-0.3, -0.25) is 4.79 Å². The second-order valence-electron chi connectivity index (χ2n) is 9.53. The predicted octanol–water partition coefficient (Wildman–Crippen LogP) is 6.31. The summed E-state index contributed by atoms with van der Waals surface area (Å²) in [6.45, 7) is 4.89. The third kappa shape index (κ3) is 6.86. The highest BCUT2D eigenvalue weighted by Gasteiger charge is 2.14. The zero-order valence-electron chi connectivity index (χ0n) is 22.4. The molecule has 0 bridgehead atoms. The Morgan fingerprint density at radius 3 is 2.53 bits per heavy atom. The minimum Gasteiger partial charge on any atom is -0.497 e. The van der Waals surface area contributed by atoms with E-state index in [2.05, 4.69) is 59.0 Å². The molecule has 38 heavy (non-hydrogen) atoms. The molecule has 0 radical (unpaired) electrons. The van der Waals surface area contributed by atoms with Crippen molar-refractivity contribution < 1.29 is 9.53 Å². The van der Waals surface area contributed by atoms with Crippen molar-refractivity contribution in [1.29, 1.82) is 0 Å². The van der Waals surface area contributed by atoms with Gasteiger partial charge in [-0.15, -0.1) is 0 Å². The van der Waals surface area contributed by atoms with E-state index in [9.17, 15) is 4.79 Å². The van der Waals surface area contributed by atoms with Crippen LogP contribution in [0, 0.1) is 0 Å². The fourth-order valence-corrected chi connectivity index (χ4v) is 3.91. The summed E-state index contributed by atoms with van der Waals surface area (Å²) in [4.78, 5) is 23.8. The summed E-state index contributed by atoms with van der Waals surface area (Å²) in [5.74, 6) is 1.74. The maximum absolute atomic E-state index is 12.5. The summed E-state index contributed by atoms with van der Waals surface area (Å²) < 4.78 is 5.41. The normalized spacial score (nSPS) is 11.3. The maximum atomic E-state index is 12.5. The standard InChI is InChI=1S/C30H34N6O2/c1-20(2)25-19-31-30(35-29(25)32-23-13-12-21-9-6-7-10-22(21)17-23)34-27-18-24(38-5)14-15-26(27)33-28(37)11-8-16-36(3)4/h6-15,17-20H,16H2,1-5H3,(H,33,37)(H2,31,32,34,35)/b11-8+. The van der Waals surface area contributed by atoms with Crippen molar-refractivity contribution in [2.24, 2.45) is 0 Å². The van der Waals surface area contributed by atoms with E-state index in [1.165, 1.54) is 11.5 Å². The first-order valence-electron chi connectivity index (χ1n) is 12.5. The molecule has 4 aromatic rings. The third-order valence-corrected chi connectivity index (χ3v) is 5.92. The van der Waals surface area contributed by atoms with Crippen LogP contribution in [0.2, 0.25) is 0 Å². The van der Waals surface area contributed by atoms with Crippen LogP contribution in [0.3, 0.4) is 0 Å². The van der Waals surface area contributed by atoms with Crippen molar-refractivity contribution in [3.63, 3.8) is 0 Å². The van der Waals surface area contributed by atoms with Gasteiger partial charge in [-0.1, -0.05) is 50.3 Å². The molecule has 0 fully saturated rings. The highest BCUT2D eigenvalue weighted by Crippen LogP contribution is 2.32. The van der Waals surface area contributed by atoms with Crippen LogP contribution in [0.4, 0.5) is 28.8 Å². The van der Waals surface area contributed by atoms with E-state index in [4.69, 9.17) is 9.72 Å². The van der Waals surface area contributed by atoms with Crippen LogP contribution in [0.5, 0.6) is 5.75 Å². The van der Waals surface area contributed by atoms with Gasteiger partial charge < -0.3 is 25.6 Å². The molecule has 0 aliphatic rings. The Hall–Kier alpha value is -4.43. The molecule has 0 saturated heterocycles. The summed E-state index contributed by atoms with van der Waals surface area (Å²) >= 11 is 0. The second kappa shape index (κ2) is 12.2. The van der Waals surface area contributed by atoms with E-state index in [1.807, 2.05) is 49.5 Å². The van der Waals surface area contributed by atoms with Crippen LogP contribution >= 0.6 is 0 Å². The molecule has 0 aliphatic heterocycles. The number of fused-ring (bicyclic) bond motifs is 1. The Labute approximate surface area is 223 Å². The van der Waals surface area contributed by atoms with Crippen molar-refractivity contribution in [2.75, 3.05) is 43.7 Å². The number of hydrogen-bond donors (Lipinski definition) is 3. The van der Waals surface area contributed by atoms with Gasteiger partial charge in [0.15, 0.2) is 0 Å². The van der Waals surface area contributed by atoms with Gasteiger partial charge in [-0.2, -0.15) is 4.98 Å². The van der Waals surface area contributed by atoms with Gasteiger partial charge in [0.25, 0.3) is 0 Å². The zero-order valence-corrected chi connectivity index (χ0v) is 22.4. The van der Waals surface area contributed by atoms with E-state index in [1.54, 1.807) is 25.3 Å². The summed E-state index contributed by atoms with van der Waals surface area (Å²) in [5.41, 5.74) is 3.14. The average Bonchev–Trinajstić information content (AvgIpc) is 2.89. The van der Waals surface area contributed by atoms with Crippen LogP contribution in [-0.2, 0) is 4.79 Å². The summed E-state index contributed by atoms with van der Waals surface area (Å²) in [6, 6.07) is 19.9. The summed E-state index contributed by atoms with van der Waals surface area (Å²) in [5, 5.41) is 12.0. The molecule has 0 aliphatic carbocycles. The number of anilines is 5. The van der Waals surface area contributed by atoms with Crippen molar-refractivity contribution in [2.45, 2.75) is 19.8 Å². The highest BCUT2D eigenvalue weighted by atomic mass is 16.5. The highest BCUT2D eigenvalue weighted by molar-refractivity contribution is 6.01. The van der Waals surface area contributed by atoms with Gasteiger partial charge in [-0.25, -0.2) is 4.98 Å². The van der Waals surface area contributed by atoms with Gasteiger partial charge in [0.1, 0.15) is 11.6 Å². The van der Waals surface area contributed by atoms with Crippen molar-refractivity contribution in [3.8, 4) is 5.75 Å². The lowest BCUT2D eigenvalue weighted by Crippen LogP contribution is -2.13. The summed E-state index contributed by atoms with van der Waals surface area (Å²) in [7, 11) is 5.49. The number of ether oxygens (including phenoxy) is 1. The SMILES string of the molecule is COc1ccc(NC(=O)/C=C/CN(C)C)c(Nc2ncc(C(C)C)c(Nc3ccc4ccccc4c3)n2)c1. The van der Waals surface area contributed by atoms with Crippen molar-refractivity contribution in [3.05, 3.63) is 84.6 Å². The predicted molar refractivity (Wildman–Crippen MR) is 156 cm³/mol. The van der Waals surface area contributed by atoms with E-state index in [0.717, 1.165) is 16.6 Å². The number of rotatable bonds is 10. The Bertz CT molecular complexity index is 1450. The van der Waals surface area contributed by atoms with Gasteiger partial charge in [-0.05, 0) is 55.1 Å². The fourth-order valence-electron chi connectivity index (χ4n) is 3.91. The molecule has 1 aromatic heterocycles. The Morgan fingerprint density at radius 2 is 1.79 bits per heavy atom. The second-order valence-corrected chi connectivity index (χ2v) is 9.53. The molecule has 1 amide bonds. The molecule has 0 unspecified atom stereocenters. The van der Waals surface area contributed by atoms with Gasteiger partial charge >= 0.3 is 0 Å². The molecule has 3 aromatic carbocycles. The first-order valence-corrected chi connectivity index (χ1v) is 12.5. The van der Waals surface area contributed by atoms with Crippen molar-refractivity contribution >= 4 is 45.5 Å². The van der Waals surface area contributed by atoms with Gasteiger partial charge in [0.2, 0.25) is 11.9 Å². The Balaban J connectivity index is 1.62. The monoisotopic (exact) mass is 510 g/mol. The van der Waals surface area contributed by atoms with E-state index in [-0.39, 0.29) is 11.8 Å². The average molecular weight is 511 g/mol. The molecular weight excluding hydrogens is 476 g/mol. The Morgan fingerprint density at radius 1 is 1.00 bits per heavy atom.